The first-order chi connectivity index (χ1) is 8.37. The number of nitrogens with one attached hydrogen (secondary N) is 1. The van der Waals surface area contributed by atoms with Crippen LogP contribution in [0.1, 0.15) is 12.8 Å². The van der Waals surface area contributed by atoms with E-state index < -0.39 is 17.7 Å². The van der Waals surface area contributed by atoms with Crippen LogP contribution in [0.5, 0.6) is 0 Å². The molecule has 0 aliphatic rings. The molecule has 5 nitrogen and oxygen atoms in total. The number of carboxylic acids is 2. The number of allylic oxidation sites excluding steroid dienone is 4. The molecular weight excluding hydrogens is 234 g/mol. The second-order valence-electron chi connectivity index (χ2n) is 2.62. The molecule has 0 amide bonds. The number of rotatable bonds is 6. The van der Waals surface area contributed by atoms with Gasteiger partial charge in [-0.2, -0.15) is 0 Å². The summed E-state index contributed by atoms with van der Waals surface area (Å²) in [7, 11) is 0. The molecule has 0 unspecified atom stereocenters. The number of carbonyl (C=O) groups is 2. The van der Waals surface area contributed by atoms with Gasteiger partial charge in [-0.3, -0.25) is 10.2 Å². The molecule has 0 bridgehead atoms. The number of aliphatic carboxylic acids is 2. The van der Waals surface area contributed by atoms with Crippen LogP contribution in [-0.4, -0.2) is 27.9 Å². The van der Waals surface area contributed by atoms with Gasteiger partial charge in [-0.15, -0.1) is 0 Å². The fourth-order valence-electron chi connectivity index (χ4n) is 0.339. The number of carboxylic acid groups (broad SMARTS) is 2. The van der Waals surface area contributed by atoms with Gasteiger partial charge in [0, 0.05) is 6.42 Å². The maximum atomic E-state index is 9.89. The van der Waals surface area contributed by atoms with E-state index in [0.717, 1.165) is 0 Å². The predicted molar refractivity (Wildman–Crippen MR) is 73.0 cm³/mol. The largest absolute Gasteiger partial charge is 0.481 e. The lowest BCUT2D eigenvalue weighted by atomic mass is 10.2. The molecule has 5 heteroatoms. The Labute approximate surface area is 107 Å². The monoisotopic (exact) mass is 253 g/mol. The lowest BCUT2D eigenvalue weighted by Crippen LogP contribution is -2.12. The minimum absolute atomic E-state index is 0.218. The molecule has 18 heavy (non-hydrogen) atoms. The summed E-state index contributed by atoms with van der Waals surface area (Å²) in [5.74, 6) is -2.45. The summed E-state index contributed by atoms with van der Waals surface area (Å²) in [6.45, 7) is 13.4. The van der Waals surface area contributed by atoms with E-state index in [-0.39, 0.29) is 12.8 Å². The third kappa shape index (κ3) is 29.2. The Balaban J connectivity index is -0.000000233. The molecule has 0 fully saturated rings. The van der Waals surface area contributed by atoms with Crippen molar-refractivity contribution in [1.82, 2.24) is 0 Å². The number of hydrogen-bond donors (Lipinski definition) is 3. The minimum atomic E-state index is -1.36. The molecule has 0 aromatic rings. The molecule has 0 atom stereocenters. The highest BCUT2D eigenvalue weighted by molar-refractivity contribution is 6.34. The zero-order chi connectivity index (χ0) is 15.0. The third-order valence-electron chi connectivity index (χ3n) is 1.18. The Kier molecular flexibility index (Phi) is 19.7. The van der Waals surface area contributed by atoms with Crippen molar-refractivity contribution in [2.75, 3.05) is 0 Å². The molecule has 100 valence electrons. The summed E-state index contributed by atoms with van der Waals surface area (Å²) in [4.78, 5) is 19.7. The van der Waals surface area contributed by atoms with E-state index in [0.29, 0.717) is 0 Å². The van der Waals surface area contributed by atoms with Gasteiger partial charge in [0.25, 0.3) is 0 Å². The summed E-state index contributed by atoms with van der Waals surface area (Å²) in [6.07, 6.45) is 6.04. The predicted octanol–water partition coefficient (Wildman–Crippen LogP) is 2.67. The second-order valence-corrected chi connectivity index (χ2v) is 2.62. The zero-order valence-corrected chi connectivity index (χ0v) is 10.3. The van der Waals surface area contributed by atoms with Gasteiger partial charge < -0.3 is 10.2 Å². The van der Waals surface area contributed by atoms with Crippen molar-refractivity contribution < 1.29 is 19.8 Å². The van der Waals surface area contributed by atoms with Crippen LogP contribution in [0.15, 0.2) is 50.6 Å². The minimum Gasteiger partial charge on any atom is -0.481 e. The highest BCUT2D eigenvalue weighted by Gasteiger charge is 2.07. The summed E-state index contributed by atoms with van der Waals surface area (Å²) in [6, 6.07) is 0. The van der Waals surface area contributed by atoms with E-state index in [1.165, 1.54) is 0 Å². The Morgan fingerprint density at radius 2 is 1.22 bits per heavy atom. The lowest BCUT2D eigenvalue weighted by molar-refractivity contribution is -0.136. The maximum absolute atomic E-state index is 9.89. The van der Waals surface area contributed by atoms with Gasteiger partial charge in [-0.25, -0.2) is 4.79 Å². The molecule has 0 aliphatic heterocycles. The standard InChI is InChI=1S/C5H7NO4.2C4H6/c6-3(5(9)10)1-2-4(7)8;2*1-3-4-2/h6H,1-2H2,(H,7,8)(H,9,10);2*3-4H,1-2H2. The fraction of sp³-hybridized carbons (Fsp3) is 0.154. The van der Waals surface area contributed by atoms with Crippen LogP contribution in [0.4, 0.5) is 0 Å². The maximum Gasteiger partial charge on any atom is 0.349 e. The smallest absolute Gasteiger partial charge is 0.349 e. The molecule has 0 heterocycles. The van der Waals surface area contributed by atoms with Crippen molar-refractivity contribution >= 4 is 17.7 Å². The topological polar surface area (TPSA) is 98.5 Å². The van der Waals surface area contributed by atoms with Crippen LogP contribution in [0, 0.1) is 5.41 Å². The summed E-state index contributed by atoms with van der Waals surface area (Å²) < 4.78 is 0. The van der Waals surface area contributed by atoms with Crippen molar-refractivity contribution in [2.45, 2.75) is 12.8 Å². The van der Waals surface area contributed by atoms with E-state index in [9.17, 15) is 9.59 Å². The van der Waals surface area contributed by atoms with Gasteiger partial charge in [0.05, 0.1) is 6.42 Å². The van der Waals surface area contributed by atoms with Gasteiger partial charge in [0.1, 0.15) is 5.71 Å². The van der Waals surface area contributed by atoms with Crippen LogP contribution in [-0.2, 0) is 9.59 Å². The first-order valence-electron chi connectivity index (χ1n) is 4.86. The zero-order valence-electron chi connectivity index (χ0n) is 10.3. The van der Waals surface area contributed by atoms with Crippen molar-refractivity contribution in [2.24, 2.45) is 0 Å². The first-order valence-corrected chi connectivity index (χ1v) is 4.86. The van der Waals surface area contributed by atoms with Crippen molar-refractivity contribution in [3.05, 3.63) is 50.6 Å². The normalized spacial score (nSPS) is 7.11. The van der Waals surface area contributed by atoms with E-state index in [2.05, 4.69) is 26.3 Å². The highest BCUT2D eigenvalue weighted by atomic mass is 16.4. The van der Waals surface area contributed by atoms with Crippen LogP contribution >= 0.6 is 0 Å². The average molecular weight is 253 g/mol. The Morgan fingerprint density at radius 1 is 0.889 bits per heavy atom. The molecule has 3 N–H and O–H groups in total. The van der Waals surface area contributed by atoms with Crippen molar-refractivity contribution in [3.8, 4) is 0 Å². The van der Waals surface area contributed by atoms with Crippen LogP contribution in [0.25, 0.3) is 0 Å². The van der Waals surface area contributed by atoms with Crippen LogP contribution in [0.2, 0.25) is 0 Å². The van der Waals surface area contributed by atoms with Crippen LogP contribution in [0.3, 0.4) is 0 Å². The molecule has 0 aromatic heterocycles. The molecule has 0 aliphatic carbocycles. The van der Waals surface area contributed by atoms with Crippen molar-refractivity contribution in [1.29, 1.82) is 5.41 Å². The average Bonchev–Trinajstić information content (AvgIpc) is 2.36. The molecule has 0 radical (unpaired) electrons. The second kappa shape index (κ2) is 17.0. The quantitative estimate of drug-likeness (QED) is 0.500. The summed E-state index contributed by atoms with van der Waals surface area (Å²) >= 11 is 0. The van der Waals surface area contributed by atoms with Crippen molar-refractivity contribution in [3.63, 3.8) is 0 Å². The van der Waals surface area contributed by atoms with Gasteiger partial charge >= 0.3 is 11.9 Å². The SMILES string of the molecule is C=CC=C.C=CC=C.N=C(CCC(=O)O)C(=O)O. The molecule has 0 spiro atoms. The fourth-order valence-corrected chi connectivity index (χ4v) is 0.339. The Hall–Kier alpha value is -2.43. The summed E-state index contributed by atoms with van der Waals surface area (Å²) in [5, 5.41) is 22.8. The van der Waals surface area contributed by atoms with E-state index in [1.807, 2.05) is 0 Å². The van der Waals surface area contributed by atoms with Gasteiger partial charge in [-0.05, 0) is 0 Å². The lowest BCUT2D eigenvalue weighted by Gasteiger charge is -1.92. The molecule has 0 saturated carbocycles. The first kappa shape index (κ1) is 20.9. The third-order valence-corrected chi connectivity index (χ3v) is 1.18. The van der Waals surface area contributed by atoms with Gasteiger partial charge in [0.2, 0.25) is 0 Å². The van der Waals surface area contributed by atoms with E-state index in [1.54, 1.807) is 24.3 Å². The summed E-state index contributed by atoms with van der Waals surface area (Å²) in [5.41, 5.74) is -0.567. The molecular formula is C13H19NO4. The Bertz CT molecular complexity index is 295. The van der Waals surface area contributed by atoms with Gasteiger partial charge in [-0.1, -0.05) is 50.6 Å². The van der Waals surface area contributed by atoms with E-state index in [4.69, 9.17) is 15.6 Å². The molecule has 0 rings (SSSR count). The molecule has 0 saturated heterocycles. The van der Waals surface area contributed by atoms with E-state index >= 15 is 0 Å². The van der Waals surface area contributed by atoms with Crippen LogP contribution < -0.4 is 0 Å². The Morgan fingerprint density at radius 3 is 1.39 bits per heavy atom. The van der Waals surface area contributed by atoms with Gasteiger partial charge in [0.15, 0.2) is 0 Å². The number of hydrogen-bond acceptors (Lipinski definition) is 3. The molecule has 0 aromatic carbocycles. The highest BCUT2D eigenvalue weighted by Crippen LogP contribution is 1.90.